The van der Waals surface area contributed by atoms with E-state index in [-0.39, 0.29) is 12.5 Å². The van der Waals surface area contributed by atoms with Gasteiger partial charge >= 0.3 is 0 Å². The molecule has 3 heterocycles. The van der Waals surface area contributed by atoms with E-state index >= 15 is 0 Å². The van der Waals surface area contributed by atoms with Crippen molar-refractivity contribution in [2.45, 2.75) is 40.3 Å². The Hall–Kier alpha value is -2.90. The summed E-state index contributed by atoms with van der Waals surface area (Å²) in [6.45, 7) is 8.92. The maximum absolute atomic E-state index is 13.2. The predicted octanol–water partition coefficient (Wildman–Crippen LogP) is 3.09. The van der Waals surface area contributed by atoms with Crippen molar-refractivity contribution in [1.82, 2.24) is 14.3 Å². The second-order valence-corrected chi connectivity index (χ2v) is 7.96. The van der Waals surface area contributed by atoms with E-state index in [1.807, 2.05) is 22.3 Å². The van der Waals surface area contributed by atoms with Gasteiger partial charge in [0, 0.05) is 25.8 Å². The SMILES string of the molecule is CCc1cccc(C)c1CNc1cc(C(=O)N2CCOCC2)cn2c(CO)c(C)nc12. The van der Waals surface area contributed by atoms with E-state index in [2.05, 4.69) is 42.3 Å². The number of aryl methyl sites for hydroxylation is 3. The molecule has 1 amide bonds. The Morgan fingerprint density at radius 1 is 1.26 bits per heavy atom. The van der Waals surface area contributed by atoms with Gasteiger partial charge in [0.15, 0.2) is 5.65 Å². The van der Waals surface area contributed by atoms with E-state index in [1.54, 1.807) is 6.20 Å². The maximum Gasteiger partial charge on any atom is 0.255 e. The van der Waals surface area contributed by atoms with Gasteiger partial charge in [0.1, 0.15) is 0 Å². The van der Waals surface area contributed by atoms with E-state index < -0.39 is 0 Å². The van der Waals surface area contributed by atoms with E-state index in [9.17, 15) is 9.90 Å². The Kier molecular flexibility index (Phi) is 6.25. The molecule has 31 heavy (non-hydrogen) atoms. The van der Waals surface area contributed by atoms with E-state index in [0.717, 1.165) is 17.8 Å². The number of amides is 1. The third-order valence-electron chi connectivity index (χ3n) is 6.06. The van der Waals surface area contributed by atoms with Crippen LogP contribution in [0.5, 0.6) is 0 Å². The Morgan fingerprint density at radius 2 is 2.03 bits per heavy atom. The fourth-order valence-electron chi connectivity index (χ4n) is 4.22. The fourth-order valence-corrected chi connectivity index (χ4v) is 4.22. The first-order valence-electron chi connectivity index (χ1n) is 10.8. The highest BCUT2D eigenvalue weighted by atomic mass is 16.5. The van der Waals surface area contributed by atoms with Gasteiger partial charge in [-0.2, -0.15) is 0 Å². The Morgan fingerprint density at radius 3 is 2.74 bits per heavy atom. The molecule has 1 aromatic carbocycles. The van der Waals surface area contributed by atoms with E-state index in [4.69, 9.17) is 4.74 Å². The molecule has 1 fully saturated rings. The molecule has 4 rings (SSSR count). The van der Waals surface area contributed by atoms with Crippen LogP contribution in [-0.4, -0.2) is 51.6 Å². The minimum absolute atomic E-state index is 0.0337. The van der Waals surface area contributed by atoms with E-state index in [0.29, 0.717) is 49.8 Å². The van der Waals surface area contributed by atoms with Crippen LogP contribution in [0.2, 0.25) is 0 Å². The van der Waals surface area contributed by atoms with Gasteiger partial charge in [-0.25, -0.2) is 4.98 Å². The van der Waals surface area contributed by atoms with Crippen LogP contribution in [0.15, 0.2) is 30.5 Å². The Balaban J connectivity index is 1.74. The van der Waals surface area contributed by atoms with Gasteiger partial charge in [0.05, 0.1) is 42.5 Å². The topological polar surface area (TPSA) is 79.1 Å². The number of imidazole rings is 1. The largest absolute Gasteiger partial charge is 0.390 e. The number of aliphatic hydroxyl groups is 1. The molecule has 0 unspecified atom stereocenters. The molecule has 3 aromatic rings. The molecule has 0 spiro atoms. The number of morpholine rings is 1. The normalized spacial score (nSPS) is 14.3. The summed E-state index contributed by atoms with van der Waals surface area (Å²) >= 11 is 0. The van der Waals surface area contributed by atoms with Crippen molar-refractivity contribution >= 4 is 17.2 Å². The molecule has 1 aliphatic heterocycles. The van der Waals surface area contributed by atoms with E-state index in [1.165, 1.54) is 16.7 Å². The second-order valence-electron chi connectivity index (χ2n) is 7.96. The number of nitrogens with one attached hydrogen (secondary N) is 1. The minimum Gasteiger partial charge on any atom is -0.390 e. The van der Waals surface area contributed by atoms with Gasteiger partial charge in [-0.1, -0.05) is 25.1 Å². The zero-order chi connectivity index (χ0) is 22.0. The maximum atomic E-state index is 13.2. The standard InChI is InChI=1S/C24H30N4O3/c1-4-18-7-5-6-16(2)20(18)13-25-21-12-19(24(30)27-8-10-31-11-9-27)14-28-22(15-29)17(3)26-23(21)28/h5-7,12,14,25,29H,4,8-11,13,15H2,1-3H3. The number of ether oxygens (including phenoxy) is 1. The third kappa shape index (κ3) is 4.16. The average molecular weight is 423 g/mol. The molecule has 0 atom stereocenters. The zero-order valence-corrected chi connectivity index (χ0v) is 18.4. The fraction of sp³-hybridized carbons (Fsp3) is 0.417. The van der Waals surface area contributed by atoms with Gasteiger partial charge in [-0.15, -0.1) is 0 Å². The van der Waals surface area contributed by atoms with Crippen LogP contribution in [0.25, 0.3) is 5.65 Å². The molecule has 2 N–H and O–H groups in total. The molecule has 0 bridgehead atoms. The van der Waals surface area contributed by atoms with Crippen molar-refractivity contribution in [3.63, 3.8) is 0 Å². The lowest BCUT2D eigenvalue weighted by atomic mass is 10.00. The summed E-state index contributed by atoms with van der Waals surface area (Å²) in [5.74, 6) is -0.0337. The highest BCUT2D eigenvalue weighted by Gasteiger charge is 2.22. The van der Waals surface area contributed by atoms with Crippen LogP contribution in [0.1, 0.15) is 45.4 Å². The monoisotopic (exact) mass is 422 g/mol. The van der Waals surface area contributed by atoms with Crippen LogP contribution in [-0.2, 0) is 24.3 Å². The van der Waals surface area contributed by atoms with Gasteiger partial charge in [0.25, 0.3) is 5.91 Å². The first kappa shape index (κ1) is 21.3. The summed E-state index contributed by atoms with van der Waals surface area (Å²) in [5.41, 5.74) is 7.33. The summed E-state index contributed by atoms with van der Waals surface area (Å²) in [7, 11) is 0. The number of aromatic nitrogens is 2. The number of aliphatic hydroxyl groups excluding tert-OH is 1. The van der Waals surface area contributed by atoms with Crippen LogP contribution in [0.4, 0.5) is 5.69 Å². The number of pyridine rings is 1. The van der Waals surface area contributed by atoms with Crippen molar-refractivity contribution in [3.05, 3.63) is 64.1 Å². The molecule has 2 aromatic heterocycles. The molecule has 7 heteroatoms. The highest BCUT2D eigenvalue weighted by Crippen LogP contribution is 2.25. The number of anilines is 1. The zero-order valence-electron chi connectivity index (χ0n) is 18.4. The molecule has 0 saturated carbocycles. The van der Waals surface area contributed by atoms with Gasteiger partial charge < -0.3 is 20.1 Å². The Labute approximate surface area is 182 Å². The molecule has 164 valence electrons. The lowest BCUT2D eigenvalue weighted by Crippen LogP contribution is -2.40. The van der Waals surface area contributed by atoms with Crippen molar-refractivity contribution in [3.8, 4) is 0 Å². The lowest BCUT2D eigenvalue weighted by Gasteiger charge is -2.27. The smallest absolute Gasteiger partial charge is 0.255 e. The van der Waals surface area contributed by atoms with Crippen LogP contribution in [0, 0.1) is 13.8 Å². The number of rotatable bonds is 6. The predicted molar refractivity (Wildman–Crippen MR) is 120 cm³/mol. The third-order valence-corrected chi connectivity index (χ3v) is 6.06. The molecular formula is C24H30N4O3. The number of nitrogens with zero attached hydrogens (tertiary/aromatic N) is 3. The molecule has 1 aliphatic rings. The quantitative estimate of drug-likeness (QED) is 0.638. The number of hydrogen-bond acceptors (Lipinski definition) is 5. The van der Waals surface area contributed by atoms with Crippen LogP contribution in [0.3, 0.4) is 0 Å². The number of fused-ring (bicyclic) bond motifs is 1. The van der Waals surface area contributed by atoms with Gasteiger partial charge in [-0.3, -0.25) is 9.20 Å². The first-order chi connectivity index (χ1) is 15.0. The van der Waals surface area contributed by atoms with Crippen molar-refractivity contribution in [2.75, 3.05) is 31.6 Å². The summed E-state index contributed by atoms with van der Waals surface area (Å²) in [6.07, 6.45) is 2.75. The molecule has 0 radical (unpaired) electrons. The minimum atomic E-state index is -0.139. The summed E-state index contributed by atoms with van der Waals surface area (Å²) in [5, 5.41) is 13.4. The Bertz CT molecular complexity index is 1100. The summed E-state index contributed by atoms with van der Waals surface area (Å²) in [6, 6.07) is 8.24. The van der Waals surface area contributed by atoms with Crippen molar-refractivity contribution in [1.29, 1.82) is 0 Å². The van der Waals surface area contributed by atoms with Gasteiger partial charge in [0.2, 0.25) is 0 Å². The highest BCUT2D eigenvalue weighted by molar-refractivity contribution is 5.96. The molecule has 0 aliphatic carbocycles. The molecular weight excluding hydrogens is 392 g/mol. The average Bonchev–Trinajstić information content (AvgIpc) is 3.12. The number of carbonyl (C=O) groups is 1. The van der Waals surface area contributed by atoms with Gasteiger partial charge in [-0.05, 0) is 43.0 Å². The van der Waals surface area contributed by atoms with Crippen molar-refractivity contribution in [2.24, 2.45) is 0 Å². The molecule has 7 nitrogen and oxygen atoms in total. The summed E-state index contributed by atoms with van der Waals surface area (Å²) in [4.78, 5) is 19.7. The van der Waals surface area contributed by atoms with Crippen molar-refractivity contribution < 1.29 is 14.6 Å². The van der Waals surface area contributed by atoms with Crippen LogP contribution < -0.4 is 5.32 Å². The lowest BCUT2D eigenvalue weighted by molar-refractivity contribution is 0.0302. The number of carbonyl (C=O) groups excluding carboxylic acids is 1. The first-order valence-corrected chi connectivity index (χ1v) is 10.8. The number of benzene rings is 1. The second kappa shape index (κ2) is 9.08. The molecule has 1 saturated heterocycles. The van der Waals surface area contributed by atoms with Crippen LogP contribution >= 0.6 is 0 Å². The number of hydrogen-bond donors (Lipinski definition) is 2. The summed E-state index contributed by atoms with van der Waals surface area (Å²) < 4.78 is 7.22.